The van der Waals surface area contributed by atoms with Crippen LogP contribution in [0.4, 0.5) is 39.5 Å². The Kier molecular flexibility index (Phi) is 5.01. The Morgan fingerprint density at radius 1 is 0.900 bits per heavy atom. The fourth-order valence-corrected chi connectivity index (χ4v) is 0.827. The van der Waals surface area contributed by atoms with E-state index in [0.717, 1.165) is 13.8 Å². The number of alkyl halides is 9. The lowest BCUT2D eigenvalue weighted by Gasteiger charge is -2.33. The van der Waals surface area contributed by atoms with Gasteiger partial charge >= 0.3 is 29.9 Å². The molecule has 120 valence electrons. The molecule has 0 aromatic heterocycles. The highest BCUT2D eigenvalue weighted by atomic mass is 19.4. The van der Waals surface area contributed by atoms with Crippen molar-refractivity contribution in [2.24, 2.45) is 5.92 Å². The summed E-state index contributed by atoms with van der Waals surface area (Å²) < 4.78 is 115. The molecular formula is C9H9F9O2. The van der Waals surface area contributed by atoms with Crippen LogP contribution in [0.2, 0.25) is 0 Å². The van der Waals surface area contributed by atoms with Crippen molar-refractivity contribution in [3.8, 4) is 0 Å². The van der Waals surface area contributed by atoms with Gasteiger partial charge in [-0.25, -0.2) is 0 Å². The fraction of sp³-hybridized carbons (Fsp3) is 0.889. The van der Waals surface area contributed by atoms with Crippen molar-refractivity contribution in [2.75, 3.05) is 6.61 Å². The Labute approximate surface area is 106 Å². The molecule has 0 amide bonds. The van der Waals surface area contributed by atoms with Crippen molar-refractivity contribution in [1.82, 2.24) is 0 Å². The molecule has 0 unspecified atom stereocenters. The third-order valence-corrected chi connectivity index (χ3v) is 2.08. The van der Waals surface area contributed by atoms with Crippen molar-refractivity contribution in [3.05, 3.63) is 0 Å². The molecule has 0 saturated carbocycles. The molecule has 20 heavy (non-hydrogen) atoms. The first kappa shape index (κ1) is 18.8. The molecule has 0 spiro atoms. The zero-order valence-corrected chi connectivity index (χ0v) is 10.0. The van der Waals surface area contributed by atoms with Crippen LogP contribution in [-0.2, 0) is 9.53 Å². The van der Waals surface area contributed by atoms with Crippen LogP contribution in [0.15, 0.2) is 0 Å². The predicted molar refractivity (Wildman–Crippen MR) is 46.7 cm³/mol. The predicted octanol–water partition coefficient (Wildman–Crippen LogP) is 3.65. The van der Waals surface area contributed by atoms with Crippen LogP contribution in [-0.4, -0.2) is 36.5 Å². The quantitative estimate of drug-likeness (QED) is 0.571. The summed E-state index contributed by atoms with van der Waals surface area (Å²) >= 11 is 0. The van der Waals surface area contributed by atoms with Gasteiger partial charge in [-0.05, 0) is 0 Å². The molecule has 0 N–H and O–H groups in total. The number of carbonyl (C=O) groups is 1. The Morgan fingerprint density at radius 3 is 1.60 bits per heavy atom. The number of carbonyl (C=O) groups excluding carboxylic acids is 1. The summed E-state index contributed by atoms with van der Waals surface area (Å²) in [6.07, 6.45) is -6.89. The summed E-state index contributed by atoms with van der Waals surface area (Å²) in [5.74, 6) is -22.1. The van der Waals surface area contributed by atoms with E-state index in [1.165, 1.54) is 0 Å². The van der Waals surface area contributed by atoms with E-state index in [9.17, 15) is 44.3 Å². The molecule has 0 aromatic carbocycles. The molecule has 0 rings (SSSR count). The van der Waals surface area contributed by atoms with E-state index < -0.39 is 42.4 Å². The number of hydrogen-bond acceptors (Lipinski definition) is 2. The first-order valence-electron chi connectivity index (χ1n) is 4.94. The van der Waals surface area contributed by atoms with E-state index in [2.05, 4.69) is 4.74 Å². The third-order valence-electron chi connectivity index (χ3n) is 2.08. The number of rotatable bonds is 5. The summed E-state index contributed by atoms with van der Waals surface area (Å²) in [7, 11) is 0. The molecule has 0 aliphatic rings. The van der Waals surface area contributed by atoms with E-state index in [-0.39, 0.29) is 0 Å². The van der Waals surface area contributed by atoms with Gasteiger partial charge in [0.2, 0.25) is 0 Å². The largest absolute Gasteiger partial charge is 0.460 e. The van der Waals surface area contributed by atoms with Crippen LogP contribution in [0.25, 0.3) is 0 Å². The van der Waals surface area contributed by atoms with Crippen LogP contribution in [0.1, 0.15) is 13.8 Å². The van der Waals surface area contributed by atoms with Crippen molar-refractivity contribution in [2.45, 2.75) is 37.8 Å². The Bertz CT molecular complexity index is 359. The lowest BCUT2D eigenvalue weighted by atomic mass is 10.0. The molecule has 2 nitrogen and oxygen atoms in total. The first-order valence-corrected chi connectivity index (χ1v) is 4.94. The number of esters is 1. The molecule has 0 saturated heterocycles. The summed E-state index contributed by atoms with van der Waals surface area (Å²) in [6, 6.07) is 0. The van der Waals surface area contributed by atoms with Gasteiger partial charge in [0.05, 0.1) is 5.92 Å². The van der Waals surface area contributed by atoms with Crippen LogP contribution in [0, 0.1) is 5.92 Å². The second-order valence-corrected chi connectivity index (χ2v) is 4.11. The van der Waals surface area contributed by atoms with Gasteiger partial charge in [0.1, 0.15) is 0 Å². The van der Waals surface area contributed by atoms with Gasteiger partial charge in [-0.15, -0.1) is 0 Å². The van der Waals surface area contributed by atoms with E-state index in [0.29, 0.717) is 0 Å². The molecule has 0 fully saturated rings. The van der Waals surface area contributed by atoms with Gasteiger partial charge in [0, 0.05) is 0 Å². The standard InChI is InChI=1S/C9H9F9O2/c1-4(2)5(19)20-3-6(10,11)7(12,13)8(14,15)9(16,17)18/h4H,3H2,1-2H3. The average Bonchev–Trinajstić information content (AvgIpc) is 2.23. The van der Waals surface area contributed by atoms with Gasteiger partial charge < -0.3 is 4.74 Å². The van der Waals surface area contributed by atoms with Crippen molar-refractivity contribution >= 4 is 5.97 Å². The fourth-order valence-electron chi connectivity index (χ4n) is 0.827. The molecule has 0 atom stereocenters. The lowest BCUT2D eigenvalue weighted by Crippen LogP contribution is -2.62. The topological polar surface area (TPSA) is 26.3 Å². The summed E-state index contributed by atoms with van der Waals surface area (Å²) in [5, 5.41) is 0. The van der Waals surface area contributed by atoms with Gasteiger partial charge in [0.15, 0.2) is 6.61 Å². The highest BCUT2D eigenvalue weighted by Gasteiger charge is 2.81. The molecule has 11 heteroatoms. The molecule has 0 radical (unpaired) electrons. The maximum atomic E-state index is 12.8. The highest BCUT2D eigenvalue weighted by molar-refractivity contribution is 5.71. The zero-order valence-electron chi connectivity index (χ0n) is 10.0. The Morgan fingerprint density at radius 2 is 1.30 bits per heavy atom. The van der Waals surface area contributed by atoms with Crippen LogP contribution < -0.4 is 0 Å². The maximum Gasteiger partial charge on any atom is 0.460 e. The summed E-state index contributed by atoms with van der Waals surface area (Å²) in [5.41, 5.74) is 0. The number of hydrogen-bond donors (Lipinski definition) is 0. The van der Waals surface area contributed by atoms with Crippen molar-refractivity contribution in [1.29, 1.82) is 0 Å². The number of ether oxygens (including phenoxy) is 1. The van der Waals surface area contributed by atoms with Gasteiger partial charge in [0.25, 0.3) is 0 Å². The molecule has 0 aliphatic carbocycles. The monoisotopic (exact) mass is 320 g/mol. The van der Waals surface area contributed by atoms with Gasteiger partial charge in [-0.3, -0.25) is 4.79 Å². The molecule has 0 heterocycles. The van der Waals surface area contributed by atoms with Gasteiger partial charge in [-0.1, -0.05) is 13.8 Å². The second kappa shape index (κ2) is 5.32. The van der Waals surface area contributed by atoms with Crippen LogP contribution in [0.3, 0.4) is 0 Å². The Hall–Kier alpha value is -1.16. The normalized spacial score (nSPS) is 14.6. The molecule has 0 aliphatic heterocycles. The second-order valence-electron chi connectivity index (χ2n) is 4.11. The van der Waals surface area contributed by atoms with E-state index in [1.54, 1.807) is 0 Å². The maximum absolute atomic E-state index is 12.8. The minimum atomic E-state index is -6.98. The SMILES string of the molecule is CC(C)C(=O)OCC(F)(F)C(F)(F)C(F)(F)C(F)(F)F. The average molecular weight is 320 g/mol. The minimum absolute atomic E-state index is 1.05. The summed E-state index contributed by atoms with van der Waals surface area (Å²) in [4.78, 5) is 10.8. The lowest BCUT2D eigenvalue weighted by molar-refractivity contribution is -0.398. The zero-order chi connectivity index (χ0) is 16.6. The van der Waals surface area contributed by atoms with Gasteiger partial charge in [-0.2, -0.15) is 39.5 Å². The highest BCUT2D eigenvalue weighted by Crippen LogP contribution is 2.53. The van der Waals surface area contributed by atoms with Crippen LogP contribution in [0.5, 0.6) is 0 Å². The van der Waals surface area contributed by atoms with E-state index >= 15 is 0 Å². The van der Waals surface area contributed by atoms with E-state index in [1.807, 2.05) is 0 Å². The Balaban J connectivity index is 5.22. The molecule has 0 aromatic rings. The molecule has 0 bridgehead atoms. The van der Waals surface area contributed by atoms with E-state index in [4.69, 9.17) is 0 Å². The smallest absolute Gasteiger partial charge is 0.459 e. The van der Waals surface area contributed by atoms with Crippen LogP contribution >= 0.6 is 0 Å². The third kappa shape index (κ3) is 3.29. The van der Waals surface area contributed by atoms with Crippen molar-refractivity contribution < 1.29 is 49.0 Å². The summed E-state index contributed by atoms with van der Waals surface area (Å²) in [6.45, 7) is -0.367. The number of halogens is 9. The first-order chi connectivity index (χ1) is 8.58. The van der Waals surface area contributed by atoms with Crippen molar-refractivity contribution in [3.63, 3.8) is 0 Å². The minimum Gasteiger partial charge on any atom is -0.459 e. The molecular weight excluding hydrogens is 311 g/mol.